The van der Waals surface area contributed by atoms with Crippen molar-refractivity contribution in [2.24, 2.45) is 0 Å². The van der Waals surface area contributed by atoms with Crippen LogP contribution in [0.1, 0.15) is 35.8 Å². The predicted molar refractivity (Wildman–Crippen MR) is 105 cm³/mol. The van der Waals surface area contributed by atoms with Crippen LogP contribution in [-0.4, -0.2) is 48.5 Å². The van der Waals surface area contributed by atoms with E-state index in [-0.39, 0.29) is 18.4 Å². The minimum atomic E-state index is -0.846. The lowest BCUT2D eigenvalue weighted by Gasteiger charge is -2.52. The molecular formula is C23H27NO4. The number of ether oxygens (including phenoxy) is 3. The second-order valence-corrected chi connectivity index (χ2v) is 8.14. The van der Waals surface area contributed by atoms with Crippen LogP contribution in [0.4, 0.5) is 0 Å². The van der Waals surface area contributed by atoms with Crippen LogP contribution in [-0.2, 0) is 26.4 Å². The van der Waals surface area contributed by atoms with Gasteiger partial charge in [0, 0.05) is 24.2 Å². The highest BCUT2D eigenvalue weighted by Gasteiger charge is 2.47. The minimum Gasteiger partial charge on any atom is -0.385 e. The van der Waals surface area contributed by atoms with Crippen molar-refractivity contribution in [3.8, 4) is 0 Å². The van der Waals surface area contributed by atoms with Crippen LogP contribution in [0.5, 0.6) is 0 Å². The Morgan fingerprint density at radius 2 is 1.64 bits per heavy atom. The van der Waals surface area contributed by atoms with Gasteiger partial charge in [0.05, 0.1) is 32.0 Å². The van der Waals surface area contributed by atoms with Crippen molar-refractivity contribution in [1.29, 1.82) is 0 Å². The summed E-state index contributed by atoms with van der Waals surface area (Å²) in [7, 11) is 0. The number of benzene rings is 2. The zero-order valence-electron chi connectivity index (χ0n) is 16.0. The lowest BCUT2D eigenvalue weighted by atomic mass is 9.76. The van der Waals surface area contributed by atoms with Crippen molar-refractivity contribution in [3.63, 3.8) is 0 Å². The van der Waals surface area contributed by atoms with Gasteiger partial charge in [0.2, 0.25) is 0 Å². The van der Waals surface area contributed by atoms with E-state index in [1.165, 1.54) is 5.56 Å². The SMILES string of the molecule is OC1(c2cccc(C3OCCO3)c2)CC2COCC(C1)N2Cc1ccccc1. The highest BCUT2D eigenvalue weighted by Crippen LogP contribution is 2.42. The Labute approximate surface area is 165 Å². The quantitative estimate of drug-likeness (QED) is 0.882. The first-order valence-electron chi connectivity index (χ1n) is 10.1. The van der Waals surface area contributed by atoms with Crippen molar-refractivity contribution in [1.82, 2.24) is 4.90 Å². The lowest BCUT2D eigenvalue weighted by Crippen LogP contribution is -2.60. The fourth-order valence-corrected chi connectivity index (χ4v) is 4.86. The van der Waals surface area contributed by atoms with Crippen LogP contribution in [0.15, 0.2) is 54.6 Å². The van der Waals surface area contributed by atoms with Gasteiger partial charge < -0.3 is 19.3 Å². The molecule has 0 aliphatic carbocycles. The maximum atomic E-state index is 11.6. The Balaban J connectivity index is 1.38. The van der Waals surface area contributed by atoms with E-state index in [0.717, 1.165) is 17.7 Å². The molecule has 5 heteroatoms. The van der Waals surface area contributed by atoms with Gasteiger partial charge in [-0.1, -0.05) is 48.5 Å². The molecule has 2 aromatic rings. The third-order valence-corrected chi connectivity index (χ3v) is 6.23. The van der Waals surface area contributed by atoms with Gasteiger partial charge >= 0.3 is 0 Å². The maximum absolute atomic E-state index is 11.6. The monoisotopic (exact) mass is 381 g/mol. The molecule has 2 unspecified atom stereocenters. The van der Waals surface area contributed by atoms with Crippen LogP contribution < -0.4 is 0 Å². The van der Waals surface area contributed by atoms with Crippen LogP contribution in [0.2, 0.25) is 0 Å². The molecule has 2 bridgehead atoms. The summed E-state index contributed by atoms with van der Waals surface area (Å²) in [6.45, 7) is 3.48. The van der Waals surface area contributed by atoms with Crippen LogP contribution in [0, 0.1) is 0 Å². The van der Waals surface area contributed by atoms with E-state index in [0.29, 0.717) is 39.3 Å². The van der Waals surface area contributed by atoms with Crippen molar-refractivity contribution >= 4 is 0 Å². The van der Waals surface area contributed by atoms with Crippen LogP contribution >= 0.6 is 0 Å². The molecule has 0 radical (unpaired) electrons. The van der Waals surface area contributed by atoms with Gasteiger partial charge in [-0.05, 0) is 30.0 Å². The summed E-state index contributed by atoms with van der Waals surface area (Å²) in [6.07, 6.45) is 1.03. The fourth-order valence-electron chi connectivity index (χ4n) is 4.86. The van der Waals surface area contributed by atoms with E-state index in [1.54, 1.807) is 0 Å². The number of morpholine rings is 1. The van der Waals surface area contributed by atoms with Gasteiger partial charge in [-0.15, -0.1) is 0 Å². The second kappa shape index (κ2) is 7.58. The van der Waals surface area contributed by atoms with Gasteiger partial charge in [-0.2, -0.15) is 0 Å². The number of hydrogen-bond donors (Lipinski definition) is 1. The predicted octanol–water partition coefficient (Wildman–Crippen LogP) is 2.98. The first-order valence-corrected chi connectivity index (χ1v) is 10.1. The molecule has 5 rings (SSSR count). The van der Waals surface area contributed by atoms with Crippen molar-refractivity contribution < 1.29 is 19.3 Å². The Kier molecular flexibility index (Phi) is 4.95. The summed E-state index contributed by atoms with van der Waals surface area (Å²) in [4.78, 5) is 2.51. The molecule has 5 nitrogen and oxygen atoms in total. The van der Waals surface area contributed by atoms with E-state index in [4.69, 9.17) is 14.2 Å². The number of hydrogen-bond acceptors (Lipinski definition) is 5. The average Bonchev–Trinajstić information content (AvgIpc) is 3.25. The summed E-state index contributed by atoms with van der Waals surface area (Å²) in [6, 6.07) is 19.1. The van der Waals surface area contributed by atoms with Crippen LogP contribution in [0.25, 0.3) is 0 Å². The van der Waals surface area contributed by atoms with Crippen LogP contribution in [0.3, 0.4) is 0 Å². The Morgan fingerprint density at radius 1 is 0.929 bits per heavy atom. The normalized spacial score (nSPS) is 31.2. The topological polar surface area (TPSA) is 51.2 Å². The molecule has 3 heterocycles. The molecule has 3 saturated heterocycles. The number of rotatable bonds is 4. The third kappa shape index (κ3) is 3.49. The molecule has 3 aliphatic heterocycles. The summed E-state index contributed by atoms with van der Waals surface area (Å²) in [5.74, 6) is 0. The zero-order valence-corrected chi connectivity index (χ0v) is 16.0. The van der Waals surface area contributed by atoms with Crippen molar-refractivity contribution in [3.05, 3.63) is 71.3 Å². The molecule has 2 atom stereocenters. The van der Waals surface area contributed by atoms with Gasteiger partial charge in [-0.3, -0.25) is 4.90 Å². The Bertz CT molecular complexity index is 791. The average molecular weight is 381 g/mol. The first-order chi connectivity index (χ1) is 13.7. The minimum absolute atomic E-state index is 0.209. The molecule has 3 fully saturated rings. The smallest absolute Gasteiger partial charge is 0.184 e. The molecule has 3 aliphatic rings. The van der Waals surface area contributed by atoms with Gasteiger partial charge in [-0.25, -0.2) is 0 Å². The largest absolute Gasteiger partial charge is 0.385 e. The van der Waals surface area contributed by atoms with E-state index < -0.39 is 5.60 Å². The zero-order chi connectivity index (χ0) is 19.0. The van der Waals surface area contributed by atoms with E-state index in [2.05, 4.69) is 35.2 Å². The molecule has 1 N–H and O–H groups in total. The van der Waals surface area contributed by atoms with Crippen molar-refractivity contribution in [2.75, 3.05) is 26.4 Å². The number of aliphatic hydroxyl groups is 1. The standard InChI is InChI=1S/C23H27NO4/c25-23(19-8-4-7-18(11-19)22-27-9-10-28-22)12-20-15-26-16-21(13-23)24(20)14-17-5-2-1-3-6-17/h1-8,11,20-22,25H,9-10,12-16H2. The maximum Gasteiger partial charge on any atom is 0.184 e. The van der Waals surface area contributed by atoms with E-state index >= 15 is 0 Å². The highest BCUT2D eigenvalue weighted by molar-refractivity contribution is 5.31. The van der Waals surface area contributed by atoms with Gasteiger partial charge in [0.25, 0.3) is 0 Å². The van der Waals surface area contributed by atoms with Gasteiger partial charge in [0.15, 0.2) is 6.29 Å². The lowest BCUT2D eigenvalue weighted by molar-refractivity contribution is -0.149. The van der Waals surface area contributed by atoms with Crippen molar-refractivity contribution in [2.45, 2.75) is 43.4 Å². The molecular weight excluding hydrogens is 354 g/mol. The summed E-state index contributed by atoms with van der Waals surface area (Å²) in [5.41, 5.74) is 2.40. The number of nitrogens with zero attached hydrogens (tertiary/aromatic N) is 1. The molecule has 0 saturated carbocycles. The van der Waals surface area contributed by atoms with E-state index in [1.807, 2.05) is 24.3 Å². The molecule has 2 aromatic carbocycles. The summed E-state index contributed by atoms with van der Waals surface area (Å²) >= 11 is 0. The van der Waals surface area contributed by atoms with Gasteiger partial charge in [0.1, 0.15) is 0 Å². The highest BCUT2D eigenvalue weighted by atomic mass is 16.7. The van der Waals surface area contributed by atoms with E-state index in [9.17, 15) is 5.11 Å². The third-order valence-electron chi connectivity index (χ3n) is 6.23. The molecule has 0 aromatic heterocycles. The second-order valence-electron chi connectivity index (χ2n) is 8.14. The fraction of sp³-hybridized carbons (Fsp3) is 0.478. The molecule has 148 valence electrons. The first kappa shape index (κ1) is 18.3. The number of fused-ring (bicyclic) bond motifs is 2. The number of piperidine rings is 1. The Morgan fingerprint density at radius 3 is 2.36 bits per heavy atom. The Hall–Kier alpha value is -1.76. The molecule has 28 heavy (non-hydrogen) atoms. The summed E-state index contributed by atoms with van der Waals surface area (Å²) in [5, 5.41) is 11.6. The molecule has 0 amide bonds. The molecule has 0 spiro atoms. The summed E-state index contributed by atoms with van der Waals surface area (Å²) < 4.78 is 17.1.